The van der Waals surface area contributed by atoms with E-state index in [0.717, 1.165) is 12.1 Å². The van der Waals surface area contributed by atoms with E-state index in [0.29, 0.717) is 0 Å². The zero-order valence-electron chi connectivity index (χ0n) is 7.23. The Bertz CT molecular complexity index is 319. The summed E-state index contributed by atoms with van der Waals surface area (Å²) in [6.07, 6.45) is -5.64. The van der Waals surface area contributed by atoms with E-state index in [4.69, 9.17) is 11.6 Å². The van der Waals surface area contributed by atoms with Crippen LogP contribution in [0.4, 0.5) is 22.0 Å². The van der Waals surface area contributed by atoms with Crippen LogP contribution in [0.15, 0.2) is 30.3 Å². The van der Waals surface area contributed by atoms with Gasteiger partial charge in [-0.05, 0) is 5.56 Å². The Morgan fingerprint density at radius 3 is 1.80 bits per heavy atom. The lowest BCUT2D eigenvalue weighted by Gasteiger charge is -2.24. The first-order valence-corrected chi connectivity index (χ1v) is 4.34. The van der Waals surface area contributed by atoms with Gasteiger partial charge in [-0.1, -0.05) is 30.3 Å². The van der Waals surface area contributed by atoms with Crippen LogP contribution in [-0.2, 0) is 0 Å². The van der Waals surface area contributed by atoms with Crippen LogP contribution >= 0.6 is 11.6 Å². The van der Waals surface area contributed by atoms with Crippen LogP contribution in [0.2, 0.25) is 0 Å². The Kier molecular flexibility index (Phi) is 3.23. The van der Waals surface area contributed by atoms with Crippen molar-refractivity contribution in [2.24, 2.45) is 0 Å². The normalized spacial score (nSPS) is 15.1. The molecular formula is C9H6ClF5. The summed E-state index contributed by atoms with van der Waals surface area (Å²) >= 11 is 5.11. The van der Waals surface area contributed by atoms with Crippen LogP contribution < -0.4 is 0 Å². The Morgan fingerprint density at radius 2 is 1.40 bits per heavy atom. The molecule has 0 aliphatic heterocycles. The van der Waals surface area contributed by atoms with Crippen LogP contribution in [0.3, 0.4) is 0 Å². The van der Waals surface area contributed by atoms with Gasteiger partial charge in [0.25, 0.3) is 0 Å². The second kappa shape index (κ2) is 3.96. The highest BCUT2D eigenvalue weighted by Gasteiger charge is 2.62. The van der Waals surface area contributed by atoms with Crippen LogP contribution in [0.25, 0.3) is 0 Å². The quantitative estimate of drug-likeness (QED) is 0.541. The molecule has 6 heteroatoms. The zero-order chi connectivity index (χ0) is 11.7. The second-order valence-corrected chi connectivity index (χ2v) is 3.33. The minimum atomic E-state index is -5.64. The van der Waals surface area contributed by atoms with Gasteiger partial charge in [-0.25, -0.2) is 0 Å². The lowest BCUT2D eigenvalue weighted by Crippen LogP contribution is -2.40. The lowest BCUT2D eigenvalue weighted by molar-refractivity contribution is -0.283. The zero-order valence-corrected chi connectivity index (χ0v) is 7.99. The first-order valence-electron chi connectivity index (χ1n) is 3.90. The van der Waals surface area contributed by atoms with Gasteiger partial charge in [0, 0.05) is 0 Å². The Hall–Kier alpha value is -0.840. The van der Waals surface area contributed by atoms with Crippen molar-refractivity contribution in [1.29, 1.82) is 0 Å². The highest BCUT2D eigenvalue weighted by molar-refractivity contribution is 6.21. The summed E-state index contributed by atoms with van der Waals surface area (Å²) in [7, 11) is 0. The maximum atomic E-state index is 12.8. The van der Waals surface area contributed by atoms with E-state index in [1.165, 1.54) is 18.2 Å². The minimum absolute atomic E-state index is 0.263. The van der Waals surface area contributed by atoms with Crippen LogP contribution in [0.5, 0.6) is 0 Å². The molecule has 15 heavy (non-hydrogen) atoms. The highest BCUT2D eigenvalue weighted by atomic mass is 35.5. The van der Waals surface area contributed by atoms with E-state index in [1.54, 1.807) is 0 Å². The Labute approximate surface area is 87.7 Å². The molecule has 0 nitrogen and oxygen atoms in total. The average Bonchev–Trinajstić information content (AvgIpc) is 2.16. The number of rotatable bonds is 2. The highest BCUT2D eigenvalue weighted by Crippen LogP contribution is 2.47. The molecule has 0 N–H and O–H groups in total. The number of benzene rings is 1. The summed E-state index contributed by atoms with van der Waals surface area (Å²) in [5.74, 6) is -4.93. The number of halogens is 6. The van der Waals surface area contributed by atoms with Gasteiger partial charge in [0.1, 0.15) is 5.38 Å². The van der Waals surface area contributed by atoms with Crippen molar-refractivity contribution >= 4 is 11.6 Å². The summed E-state index contributed by atoms with van der Waals surface area (Å²) in [5, 5.41) is -2.40. The monoisotopic (exact) mass is 244 g/mol. The van der Waals surface area contributed by atoms with Crippen LogP contribution in [-0.4, -0.2) is 12.1 Å². The average molecular weight is 245 g/mol. The van der Waals surface area contributed by atoms with Crippen molar-refractivity contribution in [2.45, 2.75) is 17.5 Å². The molecule has 1 atom stereocenters. The van der Waals surface area contributed by atoms with E-state index in [2.05, 4.69) is 0 Å². The van der Waals surface area contributed by atoms with Crippen molar-refractivity contribution in [1.82, 2.24) is 0 Å². The predicted molar refractivity (Wildman–Crippen MR) is 46.0 cm³/mol. The molecule has 0 saturated carbocycles. The van der Waals surface area contributed by atoms with Crippen molar-refractivity contribution in [3.8, 4) is 0 Å². The molecule has 1 aromatic rings. The summed E-state index contributed by atoms with van der Waals surface area (Å²) in [5.41, 5.74) is -0.263. The molecule has 84 valence electrons. The molecular weight excluding hydrogens is 239 g/mol. The van der Waals surface area contributed by atoms with Crippen LogP contribution in [0, 0.1) is 0 Å². The minimum Gasteiger partial charge on any atom is -0.194 e. The van der Waals surface area contributed by atoms with E-state index in [9.17, 15) is 22.0 Å². The first kappa shape index (κ1) is 12.2. The molecule has 0 radical (unpaired) electrons. The first-order chi connectivity index (χ1) is 6.77. The summed E-state index contributed by atoms with van der Waals surface area (Å²) < 4.78 is 61.3. The topological polar surface area (TPSA) is 0 Å². The molecule has 0 bridgehead atoms. The SMILES string of the molecule is FC(F)(F)C(F)(F)C(Cl)c1ccccc1. The smallest absolute Gasteiger partial charge is 0.194 e. The molecule has 0 amide bonds. The van der Waals surface area contributed by atoms with Gasteiger partial charge in [0.15, 0.2) is 0 Å². The molecule has 0 saturated heterocycles. The van der Waals surface area contributed by atoms with E-state index >= 15 is 0 Å². The third-order valence-corrected chi connectivity index (χ3v) is 2.31. The molecule has 1 rings (SSSR count). The Balaban J connectivity index is 3.00. The molecule has 0 aliphatic rings. The maximum absolute atomic E-state index is 12.8. The van der Waals surface area contributed by atoms with E-state index < -0.39 is 17.5 Å². The van der Waals surface area contributed by atoms with Crippen LogP contribution in [0.1, 0.15) is 10.9 Å². The molecule has 0 aliphatic carbocycles. The predicted octanol–water partition coefficient (Wildman–Crippen LogP) is 4.16. The summed E-state index contributed by atoms with van der Waals surface area (Å²) in [6.45, 7) is 0. The van der Waals surface area contributed by atoms with Gasteiger partial charge in [-0.15, -0.1) is 11.6 Å². The largest absolute Gasteiger partial charge is 0.455 e. The fourth-order valence-electron chi connectivity index (χ4n) is 0.975. The standard InChI is InChI=1S/C9H6ClF5/c10-7(6-4-2-1-3-5-6)8(11,12)9(13,14)15/h1-5,7H. The fraction of sp³-hybridized carbons (Fsp3) is 0.333. The molecule has 1 aromatic carbocycles. The van der Waals surface area contributed by atoms with Gasteiger partial charge in [0.2, 0.25) is 0 Å². The van der Waals surface area contributed by atoms with E-state index in [-0.39, 0.29) is 5.56 Å². The molecule has 0 heterocycles. The fourth-order valence-corrected chi connectivity index (χ4v) is 1.24. The molecule has 0 fully saturated rings. The van der Waals surface area contributed by atoms with E-state index in [1.807, 2.05) is 0 Å². The van der Waals surface area contributed by atoms with Crippen molar-refractivity contribution in [3.63, 3.8) is 0 Å². The number of hydrogen-bond donors (Lipinski definition) is 0. The summed E-state index contributed by atoms with van der Waals surface area (Å²) in [6, 6.07) is 6.43. The summed E-state index contributed by atoms with van der Waals surface area (Å²) in [4.78, 5) is 0. The second-order valence-electron chi connectivity index (χ2n) is 2.89. The van der Waals surface area contributed by atoms with Crippen molar-refractivity contribution < 1.29 is 22.0 Å². The maximum Gasteiger partial charge on any atom is 0.455 e. The number of alkyl halides is 6. The number of hydrogen-bond acceptors (Lipinski definition) is 0. The lowest BCUT2D eigenvalue weighted by atomic mass is 10.1. The van der Waals surface area contributed by atoms with Crippen molar-refractivity contribution in [3.05, 3.63) is 35.9 Å². The molecule has 0 spiro atoms. The van der Waals surface area contributed by atoms with Gasteiger partial charge >= 0.3 is 12.1 Å². The van der Waals surface area contributed by atoms with Gasteiger partial charge in [0.05, 0.1) is 0 Å². The third kappa shape index (κ3) is 2.40. The molecule has 1 unspecified atom stereocenters. The Morgan fingerprint density at radius 1 is 0.933 bits per heavy atom. The van der Waals surface area contributed by atoms with Crippen molar-refractivity contribution in [2.75, 3.05) is 0 Å². The van der Waals surface area contributed by atoms with Gasteiger partial charge in [-0.3, -0.25) is 0 Å². The third-order valence-electron chi connectivity index (χ3n) is 1.79. The van der Waals surface area contributed by atoms with Gasteiger partial charge in [-0.2, -0.15) is 22.0 Å². The van der Waals surface area contributed by atoms with Gasteiger partial charge < -0.3 is 0 Å². The molecule has 0 aromatic heterocycles.